The van der Waals surface area contributed by atoms with Crippen LogP contribution in [0.2, 0.25) is 0 Å². The van der Waals surface area contributed by atoms with Gasteiger partial charge in [-0.1, -0.05) is 6.92 Å². The molecule has 0 bridgehead atoms. The highest BCUT2D eigenvalue weighted by Gasteiger charge is 2.35. The molecule has 5 nitrogen and oxygen atoms in total. The van der Waals surface area contributed by atoms with Gasteiger partial charge in [0.25, 0.3) is 0 Å². The van der Waals surface area contributed by atoms with Gasteiger partial charge >= 0.3 is 12.1 Å². The summed E-state index contributed by atoms with van der Waals surface area (Å²) >= 11 is 0. The van der Waals surface area contributed by atoms with Crippen molar-refractivity contribution in [1.29, 1.82) is 0 Å². The third kappa shape index (κ3) is 3.87. The normalized spacial score (nSPS) is 12.8. The fraction of sp³-hybridized carbons (Fsp3) is 0.333. The van der Waals surface area contributed by atoms with Gasteiger partial charge in [0.1, 0.15) is 5.75 Å². The lowest BCUT2D eigenvalue weighted by Gasteiger charge is -2.16. The summed E-state index contributed by atoms with van der Waals surface area (Å²) in [5.41, 5.74) is 3.25. The molecule has 0 aliphatic carbocycles. The molecule has 20 heavy (non-hydrogen) atoms. The Hall–Kier alpha value is -2.25. The smallest absolute Gasteiger partial charge is 0.419 e. The summed E-state index contributed by atoms with van der Waals surface area (Å²) in [7, 11) is 0. The van der Waals surface area contributed by atoms with E-state index in [4.69, 9.17) is 15.6 Å². The first-order valence-electron chi connectivity index (χ1n) is 5.49. The topological polar surface area (TPSA) is 89.6 Å². The molecule has 0 spiro atoms. The third-order valence-electron chi connectivity index (χ3n) is 2.51. The zero-order valence-electron chi connectivity index (χ0n) is 10.4. The molecule has 3 N–H and O–H groups in total. The third-order valence-corrected chi connectivity index (χ3v) is 2.51. The maximum Gasteiger partial charge on any atom is 0.419 e. The van der Waals surface area contributed by atoms with Crippen LogP contribution < -0.4 is 10.5 Å². The Bertz CT molecular complexity index is 528. The van der Waals surface area contributed by atoms with Crippen molar-refractivity contribution >= 4 is 11.9 Å². The number of halogens is 3. The number of amides is 1. The SMILES string of the molecule is CC(COc1ccc(C(=O)O)cc1C(F)(F)F)C(N)=O. The number of carbonyl (C=O) groups is 2. The lowest BCUT2D eigenvalue weighted by Crippen LogP contribution is -2.26. The Labute approximate surface area is 112 Å². The largest absolute Gasteiger partial charge is 0.492 e. The van der Waals surface area contributed by atoms with Crippen molar-refractivity contribution in [3.8, 4) is 5.75 Å². The first-order valence-corrected chi connectivity index (χ1v) is 5.49. The summed E-state index contributed by atoms with van der Waals surface area (Å²) in [5.74, 6) is -3.50. The molecule has 1 amide bonds. The highest BCUT2D eigenvalue weighted by Crippen LogP contribution is 2.37. The van der Waals surface area contributed by atoms with Crippen LogP contribution in [0.5, 0.6) is 5.75 Å². The molecule has 0 saturated heterocycles. The van der Waals surface area contributed by atoms with Gasteiger partial charge in [-0.15, -0.1) is 0 Å². The van der Waals surface area contributed by atoms with Gasteiger partial charge in [-0.2, -0.15) is 13.2 Å². The van der Waals surface area contributed by atoms with Gasteiger partial charge in [0.05, 0.1) is 23.7 Å². The van der Waals surface area contributed by atoms with Crippen molar-refractivity contribution < 1.29 is 32.6 Å². The Morgan fingerprint density at radius 1 is 1.40 bits per heavy atom. The van der Waals surface area contributed by atoms with Gasteiger partial charge in [-0.3, -0.25) is 4.79 Å². The number of primary amides is 1. The number of carbonyl (C=O) groups excluding carboxylic acids is 1. The van der Waals surface area contributed by atoms with Crippen LogP contribution in [0.4, 0.5) is 13.2 Å². The van der Waals surface area contributed by atoms with Gasteiger partial charge < -0.3 is 15.6 Å². The van der Waals surface area contributed by atoms with Crippen LogP contribution in [0.1, 0.15) is 22.8 Å². The lowest BCUT2D eigenvalue weighted by atomic mass is 10.1. The van der Waals surface area contributed by atoms with Crippen LogP contribution in [0, 0.1) is 5.92 Å². The number of rotatable bonds is 5. The van der Waals surface area contributed by atoms with Crippen molar-refractivity contribution in [2.75, 3.05) is 6.61 Å². The van der Waals surface area contributed by atoms with E-state index in [1.54, 1.807) is 0 Å². The van der Waals surface area contributed by atoms with Crippen molar-refractivity contribution in [1.82, 2.24) is 0 Å². The van der Waals surface area contributed by atoms with Crippen LogP contribution in [0.15, 0.2) is 18.2 Å². The summed E-state index contributed by atoms with van der Waals surface area (Å²) in [5, 5.41) is 8.69. The van der Waals surface area contributed by atoms with Crippen LogP contribution >= 0.6 is 0 Å². The fourth-order valence-electron chi connectivity index (χ4n) is 1.31. The number of ether oxygens (including phenoxy) is 1. The maximum absolute atomic E-state index is 12.8. The Morgan fingerprint density at radius 2 is 2.00 bits per heavy atom. The van der Waals surface area contributed by atoms with Gasteiger partial charge in [0.15, 0.2) is 0 Å². The van der Waals surface area contributed by atoms with Crippen molar-refractivity contribution in [3.05, 3.63) is 29.3 Å². The van der Waals surface area contributed by atoms with Crippen LogP contribution in [-0.2, 0) is 11.0 Å². The van der Waals surface area contributed by atoms with E-state index in [2.05, 4.69) is 0 Å². The van der Waals surface area contributed by atoms with E-state index >= 15 is 0 Å². The number of nitrogens with two attached hydrogens (primary N) is 1. The molecule has 0 aliphatic heterocycles. The Balaban J connectivity index is 3.07. The monoisotopic (exact) mass is 291 g/mol. The summed E-state index contributed by atoms with van der Waals surface area (Å²) in [6.07, 6.45) is -4.77. The highest BCUT2D eigenvalue weighted by molar-refractivity contribution is 5.88. The molecule has 8 heteroatoms. The van der Waals surface area contributed by atoms with Crippen molar-refractivity contribution in [2.24, 2.45) is 11.7 Å². The number of hydrogen-bond donors (Lipinski definition) is 2. The molecule has 0 saturated carbocycles. The number of carboxylic acid groups (broad SMARTS) is 1. The number of hydrogen-bond acceptors (Lipinski definition) is 3. The molecule has 1 aromatic rings. The molecular formula is C12H12F3NO4. The maximum atomic E-state index is 12.8. The first-order chi connectivity index (χ1) is 9.12. The standard InChI is InChI=1S/C12H12F3NO4/c1-6(10(16)17)5-20-9-3-2-7(11(18)19)4-8(9)12(13,14)15/h2-4,6H,5H2,1H3,(H2,16,17)(H,18,19). The van der Waals surface area contributed by atoms with E-state index in [9.17, 15) is 22.8 Å². The van der Waals surface area contributed by atoms with E-state index in [1.165, 1.54) is 6.92 Å². The summed E-state index contributed by atoms with van der Waals surface area (Å²) in [6.45, 7) is 1.08. The second-order valence-corrected chi connectivity index (χ2v) is 4.13. The lowest BCUT2D eigenvalue weighted by molar-refractivity contribution is -0.139. The molecule has 0 radical (unpaired) electrons. The van der Waals surface area contributed by atoms with Crippen LogP contribution in [0.3, 0.4) is 0 Å². The molecule has 0 fully saturated rings. The van der Waals surface area contributed by atoms with Crippen LogP contribution in [0.25, 0.3) is 0 Å². The number of carboxylic acids is 1. The van der Waals surface area contributed by atoms with Crippen molar-refractivity contribution in [2.45, 2.75) is 13.1 Å². The molecule has 0 heterocycles. The minimum absolute atomic E-state index is 0.329. The molecule has 1 rings (SSSR count). The quantitative estimate of drug-likeness (QED) is 0.867. The van der Waals surface area contributed by atoms with E-state index in [1.807, 2.05) is 0 Å². The Kier molecular flexibility index (Phi) is 4.59. The molecule has 1 unspecified atom stereocenters. The minimum atomic E-state index is -4.77. The average Bonchev–Trinajstić information content (AvgIpc) is 2.34. The highest BCUT2D eigenvalue weighted by atomic mass is 19.4. The number of benzene rings is 1. The summed E-state index contributed by atoms with van der Waals surface area (Å²) in [4.78, 5) is 21.5. The number of alkyl halides is 3. The second-order valence-electron chi connectivity index (χ2n) is 4.13. The fourth-order valence-corrected chi connectivity index (χ4v) is 1.31. The van der Waals surface area contributed by atoms with E-state index < -0.39 is 40.8 Å². The first kappa shape index (κ1) is 15.8. The minimum Gasteiger partial charge on any atom is -0.492 e. The van der Waals surface area contributed by atoms with Gasteiger partial charge in [0, 0.05) is 0 Å². The molecule has 0 aromatic heterocycles. The van der Waals surface area contributed by atoms with Gasteiger partial charge in [-0.05, 0) is 18.2 Å². The average molecular weight is 291 g/mol. The van der Waals surface area contributed by atoms with Gasteiger partial charge in [-0.25, -0.2) is 4.79 Å². The zero-order chi connectivity index (χ0) is 15.5. The summed E-state index contributed by atoms with van der Waals surface area (Å²) < 4.78 is 43.3. The molecule has 1 atom stereocenters. The van der Waals surface area contributed by atoms with Gasteiger partial charge in [0.2, 0.25) is 5.91 Å². The predicted octanol–water partition coefficient (Wildman–Crippen LogP) is 1.90. The Morgan fingerprint density at radius 3 is 2.45 bits per heavy atom. The molecule has 110 valence electrons. The zero-order valence-corrected chi connectivity index (χ0v) is 10.4. The molecule has 1 aromatic carbocycles. The molecular weight excluding hydrogens is 279 g/mol. The molecule has 0 aliphatic rings. The van der Waals surface area contributed by atoms with Crippen molar-refractivity contribution in [3.63, 3.8) is 0 Å². The summed E-state index contributed by atoms with van der Waals surface area (Å²) in [6, 6.07) is 2.37. The van der Waals surface area contributed by atoms with E-state index in [0.717, 1.165) is 12.1 Å². The van der Waals surface area contributed by atoms with E-state index in [-0.39, 0.29) is 6.61 Å². The predicted molar refractivity (Wildman–Crippen MR) is 62.3 cm³/mol. The van der Waals surface area contributed by atoms with E-state index in [0.29, 0.717) is 6.07 Å². The number of aromatic carboxylic acids is 1. The van der Waals surface area contributed by atoms with Crippen LogP contribution in [-0.4, -0.2) is 23.6 Å². The second kappa shape index (κ2) is 5.81.